The molecule has 3 nitrogen and oxygen atoms in total. The Morgan fingerprint density at radius 2 is 1.83 bits per heavy atom. The van der Waals surface area contributed by atoms with Crippen molar-refractivity contribution in [2.45, 2.75) is 77.2 Å². The Balaban J connectivity index is 2.34. The third-order valence-corrected chi connectivity index (χ3v) is 5.63. The van der Waals surface area contributed by atoms with Crippen molar-refractivity contribution in [1.82, 2.24) is 0 Å². The minimum absolute atomic E-state index is 0.170. The predicted octanol–water partition coefficient (Wildman–Crippen LogP) is 3.35. The molecule has 0 aromatic carbocycles. The van der Waals surface area contributed by atoms with Crippen molar-refractivity contribution in [2.75, 3.05) is 0 Å². The fourth-order valence-electron chi connectivity index (χ4n) is 4.55. The molecule has 2 aliphatic carbocycles. The minimum atomic E-state index is -0.613. The molecule has 0 saturated heterocycles. The van der Waals surface area contributed by atoms with E-state index in [0.29, 0.717) is 6.42 Å². The first-order valence-corrected chi connectivity index (χ1v) is 7.48. The Morgan fingerprint density at radius 1 is 1.17 bits per heavy atom. The van der Waals surface area contributed by atoms with Gasteiger partial charge in [0, 0.05) is 0 Å². The van der Waals surface area contributed by atoms with Gasteiger partial charge >= 0.3 is 5.97 Å². The molecule has 18 heavy (non-hydrogen) atoms. The highest BCUT2D eigenvalue weighted by Gasteiger charge is 2.56. The zero-order chi connectivity index (χ0) is 13.2. The third kappa shape index (κ3) is 2.07. The number of rotatable bonds is 3. The summed E-state index contributed by atoms with van der Waals surface area (Å²) < 4.78 is 0. The van der Waals surface area contributed by atoms with E-state index < -0.39 is 11.4 Å². The van der Waals surface area contributed by atoms with Gasteiger partial charge < -0.3 is 10.2 Å². The molecule has 2 saturated carbocycles. The van der Waals surface area contributed by atoms with Gasteiger partial charge in [0.2, 0.25) is 0 Å². The van der Waals surface area contributed by atoms with E-state index in [9.17, 15) is 15.0 Å². The van der Waals surface area contributed by atoms with Crippen LogP contribution in [0.4, 0.5) is 0 Å². The zero-order valence-corrected chi connectivity index (χ0v) is 11.5. The lowest BCUT2D eigenvalue weighted by Gasteiger charge is -2.53. The maximum absolute atomic E-state index is 12.0. The fourth-order valence-corrected chi connectivity index (χ4v) is 4.55. The number of aliphatic hydroxyl groups excluding tert-OH is 1. The lowest BCUT2D eigenvalue weighted by molar-refractivity contribution is -0.169. The predicted molar refractivity (Wildman–Crippen MR) is 70.4 cm³/mol. The second kappa shape index (κ2) is 5.20. The molecule has 2 N–H and O–H groups in total. The topological polar surface area (TPSA) is 57.5 Å². The van der Waals surface area contributed by atoms with E-state index >= 15 is 0 Å². The van der Waals surface area contributed by atoms with Gasteiger partial charge in [0.05, 0.1) is 11.5 Å². The Hall–Kier alpha value is -0.570. The molecule has 3 heteroatoms. The summed E-state index contributed by atoms with van der Waals surface area (Å²) in [5.74, 6) is -0.613. The first-order chi connectivity index (χ1) is 8.56. The molecule has 2 fully saturated rings. The van der Waals surface area contributed by atoms with Crippen LogP contribution in [0.5, 0.6) is 0 Å². The molecule has 0 amide bonds. The third-order valence-electron chi connectivity index (χ3n) is 5.63. The van der Waals surface area contributed by atoms with Crippen molar-refractivity contribution in [2.24, 2.45) is 10.8 Å². The number of aliphatic hydroxyl groups is 1. The van der Waals surface area contributed by atoms with Crippen LogP contribution < -0.4 is 0 Å². The molecule has 0 heterocycles. The number of aliphatic carboxylic acids is 1. The van der Waals surface area contributed by atoms with Crippen LogP contribution >= 0.6 is 0 Å². The SMILES string of the molecule is CCC1(C2(C(=O)O)CCCCC2)CCCC(O)C1. The summed E-state index contributed by atoms with van der Waals surface area (Å²) in [6.07, 6.45) is 8.93. The Morgan fingerprint density at radius 3 is 2.33 bits per heavy atom. The van der Waals surface area contributed by atoms with E-state index in [4.69, 9.17) is 0 Å². The van der Waals surface area contributed by atoms with Crippen LogP contribution in [-0.4, -0.2) is 22.3 Å². The average Bonchev–Trinajstić information content (AvgIpc) is 2.39. The van der Waals surface area contributed by atoms with E-state index in [-0.39, 0.29) is 11.5 Å². The van der Waals surface area contributed by atoms with Crippen LogP contribution in [0.2, 0.25) is 0 Å². The van der Waals surface area contributed by atoms with Gasteiger partial charge in [0.1, 0.15) is 0 Å². The van der Waals surface area contributed by atoms with Crippen LogP contribution in [0.1, 0.15) is 71.1 Å². The number of carboxylic acid groups (broad SMARTS) is 1. The summed E-state index contributed by atoms with van der Waals surface area (Å²) in [6, 6.07) is 0. The normalized spacial score (nSPS) is 36.2. The molecule has 0 radical (unpaired) electrons. The monoisotopic (exact) mass is 254 g/mol. The molecule has 0 aliphatic heterocycles. The van der Waals surface area contributed by atoms with Crippen molar-refractivity contribution in [3.05, 3.63) is 0 Å². The number of hydrogen-bond donors (Lipinski definition) is 2. The molecular weight excluding hydrogens is 228 g/mol. The van der Waals surface area contributed by atoms with Gasteiger partial charge in [-0.05, 0) is 43.9 Å². The van der Waals surface area contributed by atoms with Crippen LogP contribution in [0.3, 0.4) is 0 Å². The van der Waals surface area contributed by atoms with Crippen LogP contribution in [0, 0.1) is 10.8 Å². The number of carboxylic acids is 1. The van der Waals surface area contributed by atoms with E-state index in [1.54, 1.807) is 0 Å². The summed E-state index contributed by atoms with van der Waals surface area (Å²) in [6.45, 7) is 2.11. The molecule has 2 aliphatic rings. The minimum Gasteiger partial charge on any atom is -0.481 e. The summed E-state index contributed by atoms with van der Waals surface area (Å²) in [4.78, 5) is 12.0. The summed E-state index contributed by atoms with van der Waals surface area (Å²) >= 11 is 0. The first-order valence-electron chi connectivity index (χ1n) is 7.48. The Labute approximate surface area is 110 Å². The number of carbonyl (C=O) groups is 1. The van der Waals surface area contributed by atoms with Crippen LogP contribution in [0.25, 0.3) is 0 Å². The zero-order valence-electron chi connectivity index (χ0n) is 11.5. The summed E-state index contributed by atoms with van der Waals surface area (Å²) in [5, 5.41) is 19.9. The quantitative estimate of drug-likeness (QED) is 0.812. The summed E-state index contributed by atoms with van der Waals surface area (Å²) in [7, 11) is 0. The molecule has 0 aromatic rings. The van der Waals surface area contributed by atoms with Crippen molar-refractivity contribution < 1.29 is 15.0 Å². The van der Waals surface area contributed by atoms with Crippen molar-refractivity contribution in [1.29, 1.82) is 0 Å². The Kier molecular flexibility index (Phi) is 4.00. The lowest BCUT2D eigenvalue weighted by Crippen LogP contribution is -2.51. The van der Waals surface area contributed by atoms with Crippen LogP contribution in [-0.2, 0) is 4.79 Å². The van der Waals surface area contributed by atoms with Gasteiger partial charge in [-0.15, -0.1) is 0 Å². The highest BCUT2D eigenvalue weighted by Crippen LogP contribution is 2.58. The largest absolute Gasteiger partial charge is 0.481 e. The maximum atomic E-state index is 12.0. The molecule has 0 aromatic heterocycles. The maximum Gasteiger partial charge on any atom is 0.310 e. The van der Waals surface area contributed by atoms with Gasteiger partial charge in [-0.25, -0.2) is 0 Å². The first kappa shape index (κ1) is 13.9. The van der Waals surface area contributed by atoms with E-state index in [0.717, 1.165) is 57.8 Å². The second-order valence-electron chi connectivity index (χ2n) is 6.33. The molecule has 0 spiro atoms. The molecule has 0 bridgehead atoms. The highest BCUT2D eigenvalue weighted by atomic mass is 16.4. The number of hydrogen-bond acceptors (Lipinski definition) is 2. The standard InChI is InChI=1S/C15H26O3/c1-2-14(8-6-7-12(16)11-14)15(13(17)18)9-4-3-5-10-15/h12,16H,2-11H2,1H3,(H,17,18). The lowest BCUT2D eigenvalue weighted by atomic mass is 9.51. The van der Waals surface area contributed by atoms with Crippen molar-refractivity contribution in [3.8, 4) is 0 Å². The van der Waals surface area contributed by atoms with Gasteiger partial charge in [0.15, 0.2) is 0 Å². The van der Waals surface area contributed by atoms with Gasteiger partial charge in [-0.1, -0.05) is 32.6 Å². The smallest absolute Gasteiger partial charge is 0.310 e. The molecule has 2 unspecified atom stereocenters. The fraction of sp³-hybridized carbons (Fsp3) is 0.933. The molecule has 104 valence electrons. The van der Waals surface area contributed by atoms with Crippen molar-refractivity contribution in [3.63, 3.8) is 0 Å². The van der Waals surface area contributed by atoms with E-state index in [2.05, 4.69) is 6.92 Å². The molecule has 2 rings (SSSR count). The van der Waals surface area contributed by atoms with Crippen LogP contribution in [0.15, 0.2) is 0 Å². The highest BCUT2D eigenvalue weighted by molar-refractivity contribution is 5.76. The van der Waals surface area contributed by atoms with Crippen molar-refractivity contribution >= 4 is 5.97 Å². The Bertz CT molecular complexity index is 307. The van der Waals surface area contributed by atoms with Gasteiger partial charge in [-0.3, -0.25) is 4.79 Å². The molecule has 2 atom stereocenters. The van der Waals surface area contributed by atoms with Gasteiger partial charge in [-0.2, -0.15) is 0 Å². The molecular formula is C15H26O3. The van der Waals surface area contributed by atoms with E-state index in [1.165, 1.54) is 0 Å². The van der Waals surface area contributed by atoms with E-state index in [1.807, 2.05) is 0 Å². The second-order valence-corrected chi connectivity index (χ2v) is 6.33. The summed E-state index contributed by atoms with van der Waals surface area (Å²) in [5.41, 5.74) is -0.738. The average molecular weight is 254 g/mol. The van der Waals surface area contributed by atoms with Gasteiger partial charge in [0.25, 0.3) is 0 Å².